The average molecular weight is 270 g/mol. The molecule has 112 valence electrons. The molecule has 2 aliphatic rings. The summed E-state index contributed by atoms with van der Waals surface area (Å²) in [5.74, 6) is 1.19. The maximum atomic E-state index is 9.93. The number of rotatable bonds is 6. The average Bonchev–Trinajstić information content (AvgIpc) is 2.37. The Bertz CT molecular complexity index is 273. The van der Waals surface area contributed by atoms with Gasteiger partial charge in [0, 0.05) is 31.8 Å². The standard InChI is InChI=1S/C15H30N2O2/c1-11-4-5-15(11)17-9-13(12(2)19)8-14(10-17)16-6-3-7-18/h11-16,18-19H,3-10H2,1-2H3. The minimum atomic E-state index is -0.222. The van der Waals surface area contributed by atoms with Crippen LogP contribution in [0.3, 0.4) is 0 Å². The summed E-state index contributed by atoms with van der Waals surface area (Å²) in [4.78, 5) is 2.59. The van der Waals surface area contributed by atoms with Crippen molar-refractivity contribution >= 4 is 0 Å². The second-order valence-electron chi connectivity index (χ2n) is 6.54. The molecule has 1 aliphatic heterocycles. The van der Waals surface area contributed by atoms with Crippen LogP contribution in [0.1, 0.15) is 39.5 Å². The van der Waals surface area contributed by atoms with Crippen LogP contribution in [0.15, 0.2) is 0 Å². The number of likely N-dealkylation sites (tertiary alicyclic amines) is 1. The predicted octanol–water partition coefficient (Wildman–Crippen LogP) is 0.828. The normalized spacial score (nSPS) is 37.9. The predicted molar refractivity (Wildman–Crippen MR) is 77.0 cm³/mol. The first kappa shape index (κ1) is 15.2. The highest BCUT2D eigenvalue weighted by molar-refractivity contribution is 4.93. The van der Waals surface area contributed by atoms with E-state index in [4.69, 9.17) is 5.11 Å². The molecule has 1 saturated heterocycles. The van der Waals surface area contributed by atoms with Gasteiger partial charge in [-0.15, -0.1) is 0 Å². The first-order valence-corrected chi connectivity index (χ1v) is 7.88. The van der Waals surface area contributed by atoms with Crippen LogP contribution in [0.5, 0.6) is 0 Å². The number of nitrogens with zero attached hydrogens (tertiary/aromatic N) is 1. The van der Waals surface area contributed by atoms with Crippen molar-refractivity contribution in [3.8, 4) is 0 Å². The Labute approximate surface area is 117 Å². The van der Waals surface area contributed by atoms with Gasteiger partial charge >= 0.3 is 0 Å². The fraction of sp³-hybridized carbons (Fsp3) is 1.00. The second-order valence-corrected chi connectivity index (χ2v) is 6.54. The molecule has 5 atom stereocenters. The molecule has 3 N–H and O–H groups in total. The van der Waals surface area contributed by atoms with Crippen molar-refractivity contribution in [3.63, 3.8) is 0 Å². The van der Waals surface area contributed by atoms with Gasteiger partial charge in [-0.05, 0) is 51.0 Å². The van der Waals surface area contributed by atoms with Crippen LogP contribution in [0.4, 0.5) is 0 Å². The lowest BCUT2D eigenvalue weighted by Crippen LogP contribution is -2.58. The van der Waals surface area contributed by atoms with E-state index >= 15 is 0 Å². The van der Waals surface area contributed by atoms with Gasteiger partial charge in [-0.3, -0.25) is 4.90 Å². The molecular weight excluding hydrogens is 240 g/mol. The smallest absolute Gasteiger partial charge is 0.0553 e. The molecule has 1 aliphatic carbocycles. The minimum absolute atomic E-state index is 0.222. The van der Waals surface area contributed by atoms with E-state index < -0.39 is 0 Å². The molecule has 5 unspecified atom stereocenters. The van der Waals surface area contributed by atoms with Gasteiger partial charge in [0.15, 0.2) is 0 Å². The van der Waals surface area contributed by atoms with Gasteiger partial charge in [0.25, 0.3) is 0 Å². The lowest BCUT2D eigenvalue weighted by molar-refractivity contribution is -0.0104. The molecule has 1 heterocycles. The van der Waals surface area contributed by atoms with E-state index in [1.54, 1.807) is 0 Å². The van der Waals surface area contributed by atoms with Gasteiger partial charge < -0.3 is 15.5 Å². The van der Waals surface area contributed by atoms with Gasteiger partial charge in [0.2, 0.25) is 0 Å². The van der Waals surface area contributed by atoms with Crippen LogP contribution in [0.25, 0.3) is 0 Å². The van der Waals surface area contributed by atoms with E-state index in [1.807, 2.05) is 6.92 Å². The van der Waals surface area contributed by atoms with Gasteiger partial charge in [-0.25, -0.2) is 0 Å². The molecule has 4 nitrogen and oxygen atoms in total. The monoisotopic (exact) mass is 270 g/mol. The van der Waals surface area contributed by atoms with Crippen LogP contribution in [-0.4, -0.2) is 59.5 Å². The molecule has 2 fully saturated rings. The molecule has 0 spiro atoms. The molecule has 0 aromatic carbocycles. The van der Waals surface area contributed by atoms with Crippen LogP contribution in [0, 0.1) is 11.8 Å². The van der Waals surface area contributed by atoms with Crippen LogP contribution in [0.2, 0.25) is 0 Å². The molecule has 4 heteroatoms. The molecule has 0 amide bonds. The van der Waals surface area contributed by atoms with E-state index in [-0.39, 0.29) is 12.7 Å². The van der Waals surface area contributed by atoms with E-state index in [9.17, 15) is 5.11 Å². The Hall–Kier alpha value is -0.160. The summed E-state index contributed by atoms with van der Waals surface area (Å²) in [6.07, 6.45) is 4.32. The summed E-state index contributed by atoms with van der Waals surface area (Å²) < 4.78 is 0. The van der Waals surface area contributed by atoms with Crippen molar-refractivity contribution in [2.75, 3.05) is 26.2 Å². The minimum Gasteiger partial charge on any atom is -0.396 e. The molecular formula is C15H30N2O2. The number of nitrogens with one attached hydrogen (secondary N) is 1. The summed E-state index contributed by atoms with van der Waals surface area (Å²) in [5, 5.41) is 22.3. The SMILES string of the molecule is CC(O)C1CC(NCCCO)CN(C2CCC2C)C1. The molecule has 0 radical (unpaired) electrons. The van der Waals surface area contributed by atoms with E-state index in [2.05, 4.69) is 17.1 Å². The third kappa shape index (κ3) is 3.91. The quantitative estimate of drug-likeness (QED) is 0.626. The number of aliphatic hydroxyl groups excluding tert-OH is 2. The molecule has 0 bridgehead atoms. The largest absolute Gasteiger partial charge is 0.396 e. The molecule has 1 saturated carbocycles. The Kier molecular flexibility index (Phi) is 5.63. The van der Waals surface area contributed by atoms with E-state index in [0.717, 1.165) is 44.4 Å². The Balaban J connectivity index is 1.88. The van der Waals surface area contributed by atoms with Crippen LogP contribution < -0.4 is 5.32 Å². The van der Waals surface area contributed by atoms with E-state index in [1.165, 1.54) is 12.8 Å². The summed E-state index contributed by atoms with van der Waals surface area (Å²) in [7, 11) is 0. The summed E-state index contributed by atoms with van der Waals surface area (Å²) in [6, 6.07) is 1.19. The van der Waals surface area contributed by atoms with Crippen molar-refractivity contribution in [3.05, 3.63) is 0 Å². The zero-order valence-corrected chi connectivity index (χ0v) is 12.4. The Morgan fingerprint density at radius 2 is 2.11 bits per heavy atom. The second kappa shape index (κ2) is 7.02. The van der Waals surface area contributed by atoms with Crippen molar-refractivity contribution in [2.24, 2.45) is 11.8 Å². The molecule has 0 aromatic rings. The number of hydrogen-bond donors (Lipinski definition) is 3. The fourth-order valence-corrected chi connectivity index (χ4v) is 3.52. The first-order chi connectivity index (χ1) is 9.11. The van der Waals surface area contributed by atoms with Crippen molar-refractivity contribution in [2.45, 2.75) is 57.7 Å². The lowest BCUT2D eigenvalue weighted by Gasteiger charge is -2.49. The van der Waals surface area contributed by atoms with Crippen molar-refractivity contribution < 1.29 is 10.2 Å². The zero-order chi connectivity index (χ0) is 13.8. The van der Waals surface area contributed by atoms with Crippen molar-refractivity contribution in [1.29, 1.82) is 0 Å². The van der Waals surface area contributed by atoms with Crippen LogP contribution >= 0.6 is 0 Å². The number of hydrogen-bond acceptors (Lipinski definition) is 4. The zero-order valence-electron chi connectivity index (χ0n) is 12.4. The van der Waals surface area contributed by atoms with Gasteiger partial charge in [-0.2, -0.15) is 0 Å². The lowest BCUT2D eigenvalue weighted by atomic mass is 9.77. The Morgan fingerprint density at radius 3 is 2.63 bits per heavy atom. The van der Waals surface area contributed by atoms with E-state index in [0.29, 0.717) is 12.0 Å². The molecule has 0 aromatic heterocycles. The molecule has 2 rings (SSSR count). The molecule has 19 heavy (non-hydrogen) atoms. The van der Waals surface area contributed by atoms with Gasteiger partial charge in [0.05, 0.1) is 6.10 Å². The topological polar surface area (TPSA) is 55.7 Å². The fourth-order valence-electron chi connectivity index (χ4n) is 3.52. The highest BCUT2D eigenvalue weighted by Gasteiger charge is 2.38. The van der Waals surface area contributed by atoms with Crippen LogP contribution in [-0.2, 0) is 0 Å². The van der Waals surface area contributed by atoms with Gasteiger partial charge in [0.1, 0.15) is 0 Å². The van der Waals surface area contributed by atoms with Gasteiger partial charge in [-0.1, -0.05) is 6.92 Å². The third-order valence-electron chi connectivity index (χ3n) is 5.00. The summed E-state index contributed by atoms with van der Waals surface area (Å²) in [5.41, 5.74) is 0. The maximum Gasteiger partial charge on any atom is 0.0553 e. The number of aliphatic hydroxyl groups is 2. The van der Waals surface area contributed by atoms with Crippen molar-refractivity contribution in [1.82, 2.24) is 10.2 Å². The Morgan fingerprint density at radius 1 is 1.32 bits per heavy atom. The summed E-state index contributed by atoms with van der Waals surface area (Å²) >= 11 is 0. The number of piperidine rings is 1. The highest BCUT2D eigenvalue weighted by Crippen LogP contribution is 2.34. The first-order valence-electron chi connectivity index (χ1n) is 7.88. The summed E-state index contributed by atoms with van der Waals surface area (Å²) in [6.45, 7) is 7.54. The highest BCUT2D eigenvalue weighted by atomic mass is 16.3. The maximum absolute atomic E-state index is 9.93. The third-order valence-corrected chi connectivity index (χ3v) is 5.00.